The molecule has 1 saturated heterocycles. The fraction of sp³-hybridized carbons (Fsp3) is 0.556. The van der Waals surface area contributed by atoms with Crippen molar-refractivity contribution in [1.29, 1.82) is 0 Å². The number of carboxylic acid groups (broad SMARTS) is 1. The van der Waals surface area contributed by atoms with E-state index in [9.17, 15) is 22.8 Å². The molecule has 4 nitrogen and oxygen atoms in total. The third-order valence-electron chi connectivity index (χ3n) is 2.07. The first-order chi connectivity index (χ1) is 7.30. The summed E-state index contributed by atoms with van der Waals surface area (Å²) in [6, 6.07) is 0. The summed E-state index contributed by atoms with van der Waals surface area (Å²) in [6.45, 7) is -0.0424. The molecule has 1 rings (SSSR count). The number of nitrogens with zero attached hydrogens (tertiary/aromatic N) is 1. The number of amides is 1. The molecule has 0 saturated carbocycles. The van der Waals surface area contributed by atoms with E-state index in [0.717, 1.165) is 0 Å². The van der Waals surface area contributed by atoms with Crippen molar-refractivity contribution < 1.29 is 27.9 Å². The Bertz CT molecular complexity index is 360. The van der Waals surface area contributed by atoms with Crippen LogP contribution in [0, 0.1) is 17.8 Å². The van der Waals surface area contributed by atoms with Gasteiger partial charge in [0.2, 0.25) is 0 Å². The van der Waals surface area contributed by atoms with E-state index in [4.69, 9.17) is 5.11 Å². The molecule has 0 aliphatic carbocycles. The maximum atomic E-state index is 11.9. The second-order valence-electron chi connectivity index (χ2n) is 3.38. The van der Waals surface area contributed by atoms with Crippen molar-refractivity contribution in [3.05, 3.63) is 0 Å². The van der Waals surface area contributed by atoms with Gasteiger partial charge in [-0.2, -0.15) is 13.2 Å². The van der Waals surface area contributed by atoms with Gasteiger partial charge in [-0.3, -0.25) is 4.79 Å². The summed E-state index contributed by atoms with van der Waals surface area (Å²) in [4.78, 5) is 21.3. The standard InChI is InChI=1S/C9H8F3NO3/c10-9(11,12)8(16)13-4-6(5-13)2-1-3-7(14)15/h6H,2,4-5H2,(H,14,15). The van der Waals surface area contributed by atoms with Crippen LogP contribution in [0.4, 0.5) is 13.2 Å². The summed E-state index contributed by atoms with van der Waals surface area (Å²) < 4.78 is 35.7. The lowest BCUT2D eigenvalue weighted by molar-refractivity contribution is -0.191. The fourth-order valence-electron chi connectivity index (χ4n) is 1.32. The quantitative estimate of drug-likeness (QED) is 0.673. The van der Waals surface area contributed by atoms with Crippen LogP contribution >= 0.6 is 0 Å². The first-order valence-corrected chi connectivity index (χ1v) is 4.38. The number of hydrogen-bond acceptors (Lipinski definition) is 2. The molecule has 88 valence electrons. The summed E-state index contributed by atoms with van der Waals surface area (Å²) in [7, 11) is 0. The topological polar surface area (TPSA) is 57.6 Å². The molecule has 1 N–H and O–H groups in total. The molecule has 0 atom stereocenters. The van der Waals surface area contributed by atoms with Crippen LogP contribution in [0.25, 0.3) is 0 Å². The lowest BCUT2D eigenvalue weighted by Crippen LogP contribution is -2.54. The van der Waals surface area contributed by atoms with Gasteiger partial charge in [0.05, 0.1) is 0 Å². The van der Waals surface area contributed by atoms with E-state index in [1.165, 1.54) is 0 Å². The van der Waals surface area contributed by atoms with Crippen molar-refractivity contribution in [3.8, 4) is 11.8 Å². The summed E-state index contributed by atoms with van der Waals surface area (Å²) in [5, 5.41) is 8.18. The molecule has 7 heteroatoms. The van der Waals surface area contributed by atoms with E-state index in [2.05, 4.69) is 5.92 Å². The number of alkyl halides is 3. The van der Waals surface area contributed by atoms with Crippen LogP contribution in [0.3, 0.4) is 0 Å². The number of carboxylic acids is 1. The number of hydrogen-bond donors (Lipinski definition) is 1. The maximum absolute atomic E-state index is 11.9. The number of carbonyl (C=O) groups excluding carboxylic acids is 1. The molecule has 0 radical (unpaired) electrons. The Labute approximate surface area is 89.0 Å². The van der Waals surface area contributed by atoms with Crippen LogP contribution in [0.15, 0.2) is 0 Å². The van der Waals surface area contributed by atoms with Crippen LogP contribution in [0.5, 0.6) is 0 Å². The molecule has 0 aromatic carbocycles. The molecule has 0 spiro atoms. The van der Waals surface area contributed by atoms with Gasteiger partial charge in [-0.05, 0) is 0 Å². The zero-order chi connectivity index (χ0) is 12.3. The number of carbonyl (C=O) groups is 2. The van der Waals surface area contributed by atoms with Gasteiger partial charge in [0.1, 0.15) is 0 Å². The van der Waals surface area contributed by atoms with Crippen molar-refractivity contribution in [1.82, 2.24) is 4.90 Å². The van der Waals surface area contributed by atoms with Gasteiger partial charge >= 0.3 is 18.1 Å². The van der Waals surface area contributed by atoms with E-state index < -0.39 is 18.1 Å². The molecule has 1 amide bonds. The Morgan fingerprint density at radius 3 is 2.38 bits per heavy atom. The van der Waals surface area contributed by atoms with Gasteiger partial charge in [-0.25, -0.2) is 4.79 Å². The first-order valence-electron chi connectivity index (χ1n) is 4.38. The molecule has 0 aromatic heterocycles. The van der Waals surface area contributed by atoms with Crippen molar-refractivity contribution in [2.75, 3.05) is 13.1 Å². The van der Waals surface area contributed by atoms with Crippen molar-refractivity contribution in [2.24, 2.45) is 5.92 Å². The molecule has 16 heavy (non-hydrogen) atoms. The highest BCUT2D eigenvalue weighted by molar-refractivity contribution is 5.86. The molecule has 1 fully saturated rings. The lowest BCUT2D eigenvalue weighted by Gasteiger charge is -2.38. The average molecular weight is 235 g/mol. The smallest absolute Gasteiger partial charge is 0.471 e. The Balaban J connectivity index is 2.32. The molecule has 1 aliphatic heterocycles. The largest absolute Gasteiger partial charge is 0.472 e. The van der Waals surface area contributed by atoms with Crippen LogP contribution in [0.2, 0.25) is 0 Å². The van der Waals surface area contributed by atoms with Crippen LogP contribution in [-0.4, -0.2) is 41.1 Å². The summed E-state index contributed by atoms with van der Waals surface area (Å²) >= 11 is 0. The Hall–Kier alpha value is -1.71. The Morgan fingerprint density at radius 1 is 1.38 bits per heavy atom. The van der Waals surface area contributed by atoms with Gasteiger partial charge in [0, 0.05) is 31.3 Å². The zero-order valence-electron chi connectivity index (χ0n) is 8.04. The van der Waals surface area contributed by atoms with Gasteiger partial charge in [0.15, 0.2) is 0 Å². The SMILES string of the molecule is O=C(O)C#CCC1CN(C(=O)C(F)(F)F)C1. The normalized spacial score (nSPS) is 16.1. The van der Waals surface area contributed by atoms with E-state index in [1.807, 2.05) is 5.92 Å². The molecule has 1 aliphatic rings. The fourth-order valence-corrected chi connectivity index (χ4v) is 1.32. The molecule has 0 bridgehead atoms. The minimum absolute atomic E-state index is 0.0212. The molecular weight excluding hydrogens is 227 g/mol. The lowest BCUT2D eigenvalue weighted by atomic mass is 9.96. The second-order valence-corrected chi connectivity index (χ2v) is 3.38. The Morgan fingerprint density at radius 2 is 1.94 bits per heavy atom. The summed E-state index contributed by atoms with van der Waals surface area (Å²) in [5.74, 6) is 0.880. The van der Waals surface area contributed by atoms with E-state index >= 15 is 0 Å². The van der Waals surface area contributed by atoms with Crippen molar-refractivity contribution in [2.45, 2.75) is 12.6 Å². The third-order valence-corrected chi connectivity index (χ3v) is 2.07. The number of likely N-dealkylation sites (tertiary alicyclic amines) is 1. The van der Waals surface area contributed by atoms with Crippen LogP contribution < -0.4 is 0 Å². The molecular formula is C9H8F3NO3. The summed E-state index contributed by atoms with van der Waals surface area (Å²) in [5.41, 5.74) is 0. The highest BCUT2D eigenvalue weighted by Gasteiger charge is 2.46. The van der Waals surface area contributed by atoms with Crippen molar-refractivity contribution in [3.63, 3.8) is 0 Å². The molecule has 1 heterocycles. The van der Waals surface area contributed by atoms with Crippen LogP contribution in [-0.2, 0) is 9.59 Å². The predicted octanol–water partition coefficient (Wildman–Crippen LogP) is 0.485. The maximum Gasteiger partial charge on any atom is 0.471 e. The van der Waals surface area contributed by atoms with Gasteiger partial charge in [-0.1, -0.05) is 5.92 Å². The molecule has 0 unspecified atom stereocenters. The van der Waals surface area contributed by atoms with E-state index in [0.29, 0.717) is 4.90 Å². The van der Waals surface area contributed by atoms with Gasteiger partial charge in [0.25, 0.3) is 0 Å². The van der Waals surface area contributed by atoms with Gasteiger partial charge in [-0.15, -0.1) is 0 Å². The highest BCUT2D eigenvalue weighted by atomic mass is 19.4. The minimum Gasteiger partial charge on any atom is -0.472 e. The minimum atomic E-state index is -4.84. The number of aliphatic carboxylic acids is 1. The first kappa shape index (κ1) is 12.4. The Kier molecular flexibility index (Phi) is 3.42. The number of halogens is 3. The summed E-state index contributed by atoms with van der Waals surface area (Å²) in [6.07, 6.45) is -4.65. The monoisotopic (exact) mass is 235 g/mol. The van der Waals surface area contributed by atoms with E-state index in [-0.39, 0.29) is 25.4 Å². The highest BCUT2D eigenvalue weighted by Crippen LogP contribution is 2.25. The zero-order valence-corrected chi connectivity index (χ0v) is 8.04. The molecule has 0 aromatic rings. The second kappa shape index (κ2) is 4.43. The average Bonchev–Trinajstić information content (AvgIpc) is 2.05. The number of rotatable bonds is 1. The van der Waals surface area contributed by atoms with Crippen LogP contribution in [0.1, 0.15) is 6.42 Å². The van der Waals surface area contributed by atoms with E-state index in [1.54, 1.807) is 0 Å². The third kappa shape index (κ3) is 3.15. The predicted molar refractivity (Wildman–Crippen MR) is 46.2 cm³/mol. The van der Waals surface area contributed by atoms with Gasteiger partial charge < -0.3 is 10.0 Å². The van der Waals surface area contributed by atoms with Crippen molar-refractivity contribution >= 4 is 11.9 Å².